The first-order valence-corrected chi connectivity index (χ1v) is 11.0. The van der Waals surface area contributed by atoms with E-state index >= 15 is 0 Å². The second kappa shape index (κ2) is 9.30. The summed E-state index contributed by atoms with van der Waals surface area (Å²) in [7, 11) is 2.03. The second-order valence-corrected chi connectivity index (χ2v) is 8.47. The number of hydrogen-bond acceptors (Lipinski definition) is 5. The van der Waals surface area contributed by atoms with Crippen molar-refractivity contribution < 1.29 is 22.7 Å². The van der Waals surface area contributed by atoms with Crippen molar-refractivity contribution in [3.05, 3.63) is 70.7 Å². The summed E-state index contributed by atoms with van der Waals surface area (Å²) in [6.07, 6.45) is -4.40. The van der Waals surface area contributed by atoms with E-state index in [1.807, 2.05) is 19.2 Å². The van der Waals surface area contributed by atoms with E-state index in [4.69, 9.17) is 4.74 Å². The number of rotatable bonds is 5. The number of aromatic nitrogens is 1. The summed E-state index contributed by atoms with van der Waals surface area (Å²) in [4.78, 5) is 21.3. The average molecular weight is 462 g/mol. The van der Waals surface area contributed by atoms with Gasteiger partial charge in [-0.3, -0.25) is 4.79 Å². The number of ether oxygens (including phenoxy) is 1. The number of carbonyl (C=O) groups is 1. The molecule has 2 heterocycles. The molecule has 0 atom stereocenters. The van der Waals surface area contributed by atoms with Crippen molar-refractivity contribution in [2.24, 2.45) is 0 Å². The van der Waals surface area contributed by atoms with Crippen LogP contribution in [0.4, 0.5) is 13.2 Å². The van der Waals surface area contributed by atoms with Crippen molar-refractivity contribution in [2.75, 3.05) is 33.2 Å². The monoisotopic (exact) mass is 461 g/mol. The van der Waals surface area contributed by atoms with E-state index in [9.17, 15) is 18.0 Å². The number of piperazine rings is 1. The van der Waals surface area contributed by atoms with Crippen LogP contribution in [0.15, 0.2) is 53.9 Å². The SMILES string of the molecule is CN1CCN(C(=O)c2csc(-c3ccccc3OCc3cccc(C(F)(F)F)c3)n2)CC1. The van der Waals surface area contributed by atoms with Gasteiger partial charge in [-0.2, -0.15) is 13.2 Å². The molecular formula is C23H22F3N3O2S. The van der Waals surface area contributed by atoms with E-state index in [-0.39, 0.29) is 12.5 Å². The lowest BCUT2D eigenvalue weighted by molar-refractivity contribution is -0.137. The minimum Gasteiger partial charge on any atom is -0.488 e. The predicted molar refractivity (Wildman–Crippen MR) is 117 cm³/mol. The van der Waals surface area contributed by atoms with E-state index in [0.29, 0.717) is 40.7 Å². The molecule has 1 aliphatic rings. The maximum atomic E-state index is 13.0. The summed E-state index contributed by atoms with van der Waals surface area (Å²) >= 11 is 1.34. The van der Waals surface area contributed by atoms with Crippen molar-refractivity contribution in [1.29, 1.82) is 0 Å². The van der Waals surface area contributed by atoms with E-state index in [2.05, 4.69) is 9.88 Å². The predicted octanol–water partition coefficient (Wildman–Crippen LogP) is 4.80. The fourth-order valence-corrected chi connectivity index (χ4v) is 4.26. The molecule has 1 aromatic heterocycles. The van der Waals surface area contributed by atoms with E-state index in [1.54, 1.807) is 28.5 Å². The number of alkyl halides is 3. The molecular weight excluding hydrogens is 439 g/mol. The Balaban J connectivity index is 1.49. The number of para-hydroxylation sites is 1. The van der Waals surface area contributed by atoms with Gasteiger partial charge in [0.05, 0.1) is 11.1 Å². The fourth-order valence-electron chi connectivity index (χ4n) is 3.43. The molecule has 0 aliphatic carbocycles. The highest BCUT2D eigenvalue weighted by molar-refractivity contribution is 7.13. The van der Waals surface area contributed by atoms with Crippen molar-refractivity contribution in [3.63, 3.8) is 0 Å². The van der Waals surface area contributed by atoms with Crippen LogP contribution < -0.4 is 4.74 Å². The molecule has 0 saturated carbocycles. The van der Waals surface area contributed by atoms with Crippen LogP contribution in [0, 0.1) is 0 Å². The molecule has 0 bridgehead atoms. The normalized spacial score (nSPS) is 15.1. The van der Waals surface area contributed by atoms with Gasteiger partial charge in [-0.05, 0) is 36.9 Å². The van der Waals surface area contributed by atoms with Gasteiger partial charge in [0, 0.05) is 31.6 Å². The second-order valence-electron chi connectivity index (χ2n) is 7.62. The molecule has 1 aliphatic heterocycles. The van der Waals surface area contributed by atoms with Gasteiger partial charge < -0.3 is 14.5 Å². The summed E-state index contributed by atoms with van der Waals surface area (Å²) in [5.41, 5.74) is 0.794. The number of carbonyl (C=O) groups excluding carboxylic acids is 1. The molecule has 2 aromatic carbocycles. The topological polar surface area (TPSA) is 45.7 Å². The van der Waals surface area contributed by atoms with Crippen LogP contribution in [-0.4, -0.2) is 53.9 Å². The summed E-state index contributed by atoms with van der Waals surface area (Å²) in [6, 6.07) is 12.3. The molecule has 0 unspecified atom stereocenters. The lowest BCUT2D eigenvalue weighted by Gasteiger charge is -2.31. The Morgan fingerprint density at radius 3 is 2.59 bits per heavy atom. The third kappa shape index (κ3) is 5.11. The van der Waals surface area contributed by atoms with Crippen LogP contribution in [0.3, 0.4) is 0 Å². The van der Waals surface area contributed by atoms with Gasteiger partial charge in [0.1, 0.15) is 23.1 Å². The van der Waals surface area contributed by atoms with Crippen LogP contribution in [0.25, 0.3) is 10.6 Å². The molecule has 0 N–H and O–H groups in total. The number of benzene rings is 2. The highest BCUT2D eigenvalue weighted by Gasteiger charge is 2.30. The summed E-state index contributed by atoms with van der Waals surface area (Å²) in [5, 5.41) is 2.36. The molecule has 1 fully saturated rings. The Hall–Kier alpha value is -2.91. The lowest BCUT2D eigenvalue weighted by atomic mass is 10.1. The van der Waals surface area contributed by atoms with E-state index < -0.39 is 11.7 Å². The molecule has 5 nitrogen and oxygen atoms in total. The van der Waals surface area contributed by atoms with Gasteiger partial charge in [0.25, 0.3) is 5.91 Å². The molecule has 0 spiro atoms. The highest BCUT2D eigenvalue weighted by Crippen LogP contribution is 2.34. The largest absolute Gasteiger partial charge is 0.488 e. The average Bonchev–Trinajstić information content (AvgIpc) is 3.28. The number of likely N-dealkylation sites (N-methyl/N-ethyl adjacent to an activating group) is 1. The summed E-state index contributed by atoms with van der Waals surface area (Å²) < 4.78 is 44.7. The molecule has 1 saturated heterocycles. The lowest BCUT2D eigenvalue weighted by Crippen LogP contribution is -2.47. The van der Waals surface area contributed by atoms with Crippen molar-refractivity contribution in [2.45, 2.75) is 12.8 Å². The van der Waals surface area contributed by atoms with Gasteiger partial charge in [-0.25, -0.2) is 4.98 Å². The first kappa shape index (κ1) is 22.3. The van der Waals surface area contributed by atoms with E-state index in [1.165, 1.54) is 17.4 Å². The van der Waals surface area contributed by atoms with E-state index in [0.717, 1.165) is 25.2 Å². The summed E-state index contributed by atoms with van der Waals surface area (Å²) in [5.74, 6) is 0.404. The maximum absolute atomic E-state index is 13.0. The molecule has 9 heteroatoms. The van der Waals surface area contributed by atoms with Crippen molar-refractivity contribution in [1.82, 2.24) is 14.8 Å². The Bertz CT molecular complexity index is 1090. The Labute approximate surface area is 188 Å². The zero-order valence-electron chi connectivity index (χ0n) is 17.4. The maximum Gasteiger partial charge on any atom is 0.416 e. The highest BCUT2D eigenvalue weighted by atomic mass is 32.1. The Morgan fingerprint density at radius 1 is 1.09 bits per heavy atom. The zero-order chi connectivity index (χ0) is 22.7. The van der Waals surface area contributed by atoms with Crippen LogP contribution in [0.5, 0.6) is 5.75 Å². The fraction of sp³-hybridized carbons (Fsp3) is 0.304. The zero-order valence-corrected chi connectivity index (χ0v) is 18.2. The molecule has 4 rings (SSSR count). The van der Waals surface area contributed by atoms with Gasteiger partial charge in [-0.1, -0.05) is 24.3 Å². The standard InChI is InChI=1S/C23H22F3N3O2S/c1-28-9-11-29(12-10-28)22(30)19-15-32-21(27-19)18-7-2-3-8-20(18)31-14-16-5-4-6-17(13-16)23(24,25)26/h2-8,13,15H,9-12,14H2,1H3. The quantitative estimate of drug-likeness (QED) is 0.548. The Morgan fingerprint density at radius 2 is 1.84 bits per heavy atom. The first-order valence-electron chi connectivity index (χ1n) is 10.1. The van der Waals surface area contributed by atoms with Gasteiger partial charge in [-0.15, -0.1) is 11.3 Å². The van der Waals surface area contributed by atoms with Crippen LogP contribution >= 0.6 is 11.3 Å². The Kier molecular flexibility index (Phi) is 6.48. The number of halogens is 3. The number of hydrogen-bond donors (Lipinski definition) is 0. The third-order valence-electron chi connectivity index (χ3n) is 5.28. The number of thiazole rings is 1. The smallest absolute Gasteiger partial charge is 0.416 e. The third-order valence-corrected chi connectivity index (χ3v) is 6.16. The first-order chi connectivity index (χ1) is 15.3. The van der Waals surface area contributed by atoms with Gasteiger partial charge >= 0.3 is 6.18 Å². The number of amides is 1. The van der Waals surface area contributed by atoms with Crippen molar-refractivity contribution in [3.8, 4) is 16.3 Å². The summed E-state index contributed by atoms with van der Waals surface area (Å²) in [6.45, 7) is 2.97. The van der Waals surface area contributed by atoms with Crippen LogP contribution in [-0.2, 0) is 12.8 Å². The van der Waals surface area contributed by atoms with Crippen LogP contribution in [0.1, 0.15) is 21.6 Å². The molecule has 168 valence electrons. The molecule has 32 heavy (non-hydrogen) atoms. The number of nitrogens with zero attached hydrogens (tertiary/aromatic N) is 3. The van der Waals surface area contributed by atoms with Crippen LogP contribution in [0.2, 0.25) is 0 Å². The van der Waals surface area contributed by atoms with Crippen molar-refractivity contribution >= 4 is 17.2 Å². The molecule has 1 amide bonds. The molecule has 0 radical (unpaired) electrons. The van der Waals surface area contributed by atoms with Gasteiger partial charge in [0.2, 0.25) is 0 Å². The molecule has 3 aromatic rings. The minimum absolute atomic E-state index is 0.0145. The minimum atomic E-state index is -4.40. The van der Waals surface area contributed by atoms with Gasteiger partial charge in [0.15, 0.2) is 0 Å².